The van der Waals surface area contributed by atoms with Crippen LogP contribution in [0, 0.1) is 6.92 Å². The molecule has 2 heterocycles. The lowest BCUT2D eigenvalue weighted by atomic mass is 10.2. The number of hydrogen-bond acceptors (Lipinski definition) is 4. The van der Waals surface area contributed by atoms with E-state index in [4.69, 9.17) is 4.74 Å². The molecule has 1 fully saturated rings. The first kappa shape index (κ1) is 15.5. The van der Waals surface area contributed by atoms with Gasteiger partial charge in [-0.05, 0) is 45.0 Å². The van der Waals surface area contributed by atoms with Gasteiger partial charge in [-0.25, -0.2) is 9.78 Å². The van der Waals surface area contributed by atoms with Crippen LogP contribution in [0.1, 0.15) is 19.7 Å². The van der Waals surface area contributed by atoms with Crippen molar-refractivity contribution in [1.29, 1.82) is 0 Å². The quantitative estimate of drug-likeness (QED) is 0.891. The predicted molar refractivity (Wildman–Crippen MR) is 87.2 cm³/mol. The van der Waals surface area contributed by atoms with Gasteiger partial charge in [0.15, 0.2) is 5.82 Å². The fraction of sp³-hybridized carbons (Fsp3) is 0.438. The van der Waals surface area contributed by atoms with Crippen LogP contribution in [-0.4, -0.2) is 51.4 Å². The number of carbonyl (C=O) groups is 1. The van der Waals surface area contributed by atoms with E-state index in [-0.39, 0.29) is 18.2 Å². The molecule has 7 nitrogen and oxygen atoms in total. The first-order valence-electron chi connectivity index (χ1n) is 7.72. The van der Waals surface area contributed by atoms with Crippen molar-refractivity contribution in [2.45, 2.75) is 33.0 Å². The fourth-order valence-corrected chi connectivity index (χ4v) is 2.72. The number of ether oxygens (including phenoxy) is 1. The molecule has 1 saturated heterocycles. The van der Waals surface area contributed by atoms with E-state index in [0.29, 0.717) is 18.9 Å². The average molecular weight is 315 g/mol. The van der Waals surface area contributed by atoms with Crippen molar-refractivity contribution in [2.75, 3.05) is 18.4 Å². The number of benzene rings is 1. The SMILES string of the molecule is Cc1nc(-c2ccc(NC(=O)N3C[C@@H](C)O[C@@H](C)C3)cc2)n[nH]1. The highest BCUT2D eigenvalue weighted by Gasteiger charge is 2.25. The Balaban J connectivity index is 1.65. The van der Waals surface area contributed by atoms with Gasteiger partial charge in [0.1, 0.15) is 5.82 Å². The molecule has 23 heavy (non-hydrogen) atoms. The summed E-state index contributed by atoms with van der Waals surface area (Å²) in [5.74, 6) is 1.42. The Morgan fingerprint density at radius 3 is 2.48 bits per heavy atom. The summed E-state index contributed by atoms with van der Waals surface area (Å²) < 4.78 is 5.64. The second-order valence-electron chi connectivity index (χ2n) is 5.91. The average Bonchev–Trinajstić information content (AvgIpc) is 2.93. The maximum atomic E-state index is 12.3. The van der Waals surface area contributed by atoms with E-state index in [9.17, 15) is 4.79 Å². The number of nitrogens with zero attached hydrogens (tertiary/aromatic N) is 3. The largest absolute Gasteiger partial charge is 0.372 e. The minimum absolute atomic E-state index is 0.0563. The van der Waals surface area contributed by atoms with Gasteiger partial charge in [0.25, 0.3) is 0 Å². The van der Waals surface area contributed by atoms with E-state index in [1.807, 2.05) is 45.0 Å². The molecule has 0 aliphatic carbocycles. The van der Waals surface area contributed by atoms with Crippen LogP contribution in [0.25, 0.3) is 11.4 Å². The van der Waals surface area contributed by atoms with E-state index in [1.165, 1.54) is 0 Å². The summed E-state index contributed by atoms with van der Waals surface area (Å²) in [5, 5.41) is 9.86. The van der Waals surface area contributed by atoms with Crippen LogP contribution in [0.15, 0.2) is 24.3 Å². The first-order chi connectivity index (χ1) is 11.0. The third-order valence-corrected chi connectivity index (χ3v) is 3.70. The maximum Gasteiger partial charge on any atom is 0.322 e. The number of amides is 2. The molecule has 0 bridgehead atoms. The molecule has 1 aromatic heterocycles. The monoisotopic (exact) mass is 315 g/mol. The lowest BCUT2D eigenvalue weighted by Gasteiger charge is -2.35. The van der Waals surface area contributed by atoms with Crippen molar-refractivity contribution in [3.05, 3.63) is 30.1 Å². The summed E-state index contributed by atoms with van der Waals surface area (Å²) in [7, 11) is 0. The lowest BCUT2D eigenvalue weighted by Crippen LogP contribution is -2.49. The van der Waals surface area contributed by atoms with E-state index >= 15 is 0 Å². The Labute approximate surface area is 135 Å². The molecule has 1 aliphatic heterocycles. The van der Waals surface area contributed by atoms with Crippen LogP contribution >= 0.6 is 0 Å². The molecule has 2 atom stereocenters. The van der Waals surface area contributed by atoms with Crippen molar-refractivity contribution < 1.29 is 9.53 Å². The molecular formula is C16H21N5O2. The maximum absolute atomic E-state index is 12.3. The van der Waals surface area contributed by atoms with Crippen LogP contribution < -0.4 is 5.32 Å². The van der Waals surface area contributed by atoms with E-state index in [0.717, 1.165) is 17.1 Å². The van der Waals surface area contributed by atoms with Gasteiger partial charge in [-0.15, -0.1) is 0 Å². The van der Waals surface area contributed by atoms with Gasteiger partial charge in [-0.1, -0.05) is 0 Å². The topological polar surface area (TPSA) is 83.1 Å². The minimum atomic E-state index is -0.103. The third kappa shape index (κ3) is 3.68. The Morgan fingerprint density at radius 2 is 1.91 bits per heavy atom. The second-order valence-corrected chi connectivity index (χ2v) is 5.91. The number of aromatic amines is 1. The van der Waals surface area contributed by atoms with Crippen LogP contribution in [0.4, 0.5) is 10.5 Å². The number of morpholine rings is 1. The summed E-state index contributed by atoms with van der Waals surface area (Å²) in [6, 6.07) is 7.39. The highest BCUT2D eigenvalue weighted by molar-refractivity contribution is 5.89. The van der Waals surface area contributed by atoms with E-state index in [2.05, 4.69) is 20.5 Å². The van der Waals surface area contributed by atoms with Gasteiger partial charge in [0.2, 0.25) is 0 Å². The summed E-state index contributed by atoms with van der Waals surface area (Å²) >= 11 is 0. The van der Waals surface area contributed by atoms with Crippen molar-refractivity contribution in [3.8, 4) is 11.4 Å². The fourth-order valence-electron chi connectivity index (χ4n) is 2.72. The molecule has 1 aromatic carbocycles. The van der Waals surface area contributed by atoms with Crippen LogP contribution in [-0.2, 0) is 4.74 Å². The van der Waals surface area contributed by atoms with Crippen molar-refractivity contribution in [1.82, 2.24) is 20.1 Å². The van der Waals surface area contributed by atoms with Crippen molar-refractivity contribution >= 4 is 11.7 Å². The zero-order valence-electron chi connectivity index (χ0n) is 13.5. The van der Waals surface area contributed by atoms with Gasteiger partial charge < -0.3 is 15.0 Å². The summed E-state index contributed by atoms with van der Waals surface area (Å²) in [6.45, 7) is 7.01. The molecule has 0 spiro atoms. The number of H-pyrrole nitrogens is 1. The number of carbonyl (C=O) groups excluding carboxylic acids is 1. The molecule has 2 N–H and O–H groups in total. The Bertz CT molecular complexity index is 672. The highest BCUT2D eigenvalue weighted by atomic mass is 16.5. The van der Waals surface area contributed by atoms with E-state index < -0.39 is 0 Å². The zero-order valence-corrected chi connectivity index (χ0v) is 13.5. The Kier molecular flexibility index (Phi) is 4.29. The third-order valence-electron chi connectivity index (χ3n) is 3.70. The summed E-state index contributed by atoms with van der Waals surface area (Å²) in [4.78, 5) is 18.4. The molecule has 1 aliphatic rings. The smallest absolute Gasteiger partial charge is 0.322 e. The molecule has 0 radical (unpaired) electrons. The number of nitrogens with one attached hydrogen (secondary N) is 2. The van der Waals surface area contributed by atoms with Gasteiger partial charge >= 0.3 is 6.03 Å². The molecule has 3 rings (SSSR count). The normalized spacial score (nSPS) is 21.3. The van der Waals surface area contributed by atoms with Crippen LogP contribution in [0.5, 0.6) is 0 Å². The number of anilines is 1. The molecule has 2 amide bonds. The predicted octanol–water partition coefficient (Wildman–Crippen LogP) is 2.42. The van der Waals surface area contributed by atoms with Gasteiger partial charge in [-0.2, -0.15) is 5.10 Å². The van der Waals surface area contributed by atoms with Gasteiger partial charge in [-0.3, -0.25) is 5.10 Å². The second kappa shape index (κ2) is 6.37. The zero-order chi connectivity index (χ0) is 16.4. The Hall–Kier alpha value is -2.41. The molecule has 7 heteroatoms. The van der Waals surface area contributed by atoms with Gasteiger partial charge in [0.05, 0.1) is 12.2 Å². The first-order valence-corrected chi connectivity index (χ1v) is 7.72. The standard InChI is InChI=1S/C16H21N5O2/c1-10-8-21(9-11(2)23-10)16(22)18-14-6-4-13(5-7-14)15-17-12(3)19-20-15/h4-7,10-11H,8-9H2,1-3H3,(H,18,22)(H,17,19,20)/t10-,11+. The van der Waals surface area contributed by atoms with Crippen LogP contribution in [0.3, 0.4) is 0 Å². The number of urea groups is 1. The number of aromatic nitrogens is 3. The minimum Gasteiger partial charge on any atom is -0.372 e. The molecule has 2 aromatic rings. The van der Waals surface area contributed by atoms with Gasteiger partial charge in [0, 0.05) is 24.3 Å². The lowest BCUT2D eigenvalue weighted by molar-refractivity contribution is -0.0530. The molecule has 0 unspecified atom stereocenters. The molecular weight excluding hydrogens is 294 g/mol. The van der Waals surface area contributed by atoms with E-state index in [1.54, 1.807) is 4.90 Å². The summed E-state index contributed by atoms with van der Waals surface area (Å²) in [5.41, 5.74) is 1.65. The number of hydrogen-bond donors (Lipinski definition) is 2. The summed E-state index contributed by atoms with van der Waals surface area (Å²) in [6.07, 6.45) is 0.113. The Morgan fingerprint density at radius 1 is 1.26 bits per heavy atom. The molecule has 122 valence electrons. The number of rotatable bonds is 2. The van der Waals surface area contributed by atoms with Crippen molar-refractivity contribution in [3.63, 3.8) is 0 Å². The molecule has 0 saturated carbocycles. The van der Waals surface area contributed by atoms with Crippen molar-refractivity contribution in [2.24, 2.45) is 0 Å². The van der Waals surface area contributed by atoms with Crippen LogP contribution in [0.2, 0.25) is 0 Å². The highest BCUT2D eigenvalue weighted by Crippen LogP contribution is 2.19. The number of aryl methyl sites for hydroxylation is 1.